The van der Waals surface area contributed by atoms with Crippen molar-refractivity contribution < 1.29 is 4.79 Å². The van der Waals surface area contributed by atoms with Gasteiger partial charge in [-0.2, -0.15) is 5.10 Å². The predicted octanol–water partition coefficient (Wildman–Crippen LogP) is 2.71. The average Bonchev–Trinajstić information content (AvgIpc) is 3.24. The molecule has 8 heteroatoms. The summed E-state index contributed by atoms with van der Waals surface area (Å²) in [7, 11) is 0. The van der Waals surface area contributed by atoms with Gasteiger partial charge < -0.3 is 10.6 Å². The lowest BCUT2D eigenvalue weighted by Gasteiger charge is -2.28. The van der Waals surface area contributed by atoms with Crippen molar-refractivity contribution in [3.63, 3.8) is 0 Å². The number of amides is 1. The monoisotopic (exact) mass is 411 g/mol. The van der Waals surface area contributed by atoms with Crippen LogP contribution in [0.3, 0.4) is 0 Å². The van der Waals surface area contributed by atoms with E-state index in [-0.39, 0.29) is 30.7 Å². The lowest BCUT2D eigenvalue weighted by molar-refractivity contribution is -0.122. The number of hydrogen-bond acceptors (Lipinski definition) is 4. The van der Waals surface area contributed by atoms with Crippen LogP contribution >= 0.6 is 24.8 Å². The maximum atomic E-state index is 12.4. The van der Waals surface area contributed by atoms with Gasteiger partial charge in [-0.25, -0.2) is 9.67 Å². The number of fused-ring (bicyclic) bond motifs is 2. The number of nitrogens with one attached hydrogen (secondary N) is 2. The second-order valence-corrected chi connectivity index (χ2v) is 7.32. The van der Waals surface area contributed by atoms with Gasteiger partial charge >= 0.3 is 0 Å². The fourth-order valence-electron chi connectivity index (χ4n) is 4.24. The Balaban J connectivity index is 0.00000131. The first-order valence-corrected chi connectivity index (χ1v) is 9.18. The van der Waals surface area contributed by atoms with Crippen LogP contribution < -0.4 is 10.6 Å². The van der Waals surface area contributed by atoms with Crippen molar-refractivity contribution in [3.05, 3.63) is 48.0 Å². The normalized spacial score (nSPS) is 23.2. The van der Waals surface area contributed by atoms with Crippen LogP contribution in [0.1, 0.15) is 43.2 Å². The molecule has 2 bridgehead atoms. The Kier molecular flexibility index (Phi) is 8.07. The second-order valence-electron chi connectivity index (χ2n) is 7.32. The van der Waals surface area contributed by atoms with Crippen LogP contribution in [0.15, 0.2) is 36.9 Å². The zero-order valence-corrected chi connectivity index (χ0v) is 16.8. The molecule has 3 heterocycles. The molecule has 1 aromatic carbocycles. The van der Waals surface area contributed by atoms with E-state index < -0.39 is 0 Å². The Labute approximate surface area is 172 Å². The second kappa shape index (κ2) is 10.1. The third kappa shape index (κ3) is 5.67. The largest absolute Gasteiger partial charge is 0.352 e. The SMILES string of the molecule is Cl.Cl.O=C(CC1CC2CCC(C1)N2)NCc1ccccc1Cn1cncn1. The lowest BCUT2D eigenvalue weighted by Crippen LogP contribution is -2.39. The third-order valence-electron chi connectivity index (χ3n) is 5.44. The fraction of sp³-hybridized carbons (Fsp3) is 0.526. The van der Waals surface area contributed by atoms with Crippen molar-refractivity contribution in [2.75, 3.05) is 0 Å². The quantitative estimate of drug-likeness (QED) is 0.766. The molecule has 2 fully saturated rings. The molecule has 2 aliphatic heterocycles. The summed E-state index contributed by atoms with van der Waals surface area (Å²) in [6.45, 7) is 1.24. The Morgan fingerprint density at radius 2 is 1.85 bits per heavy atom. The number of benzene rings is 1. The minimum Gasteiger partial charge on any atom is -0.352 e. The molecule has 2 N–H and O–H groups in total. The van der Waals surface area contributed by atoms with Crippen LogP contribution in [0.4, 0.5) is 0 Å². The standard InChI is InChI=1S/C19H25N5O.2ClH/c25-19(9-14-7-17-5-6-18(8-14)23-17)21-10-15-3-1-2-4-16(15)11-24-13-20-12-22-24;;/h1-4,12-14,17-18,23H,5-11H2,(H,21,25);2*1H. The van der Waals surface area contributed by atoms with E-state index >= 15 is 0 Å². The van der Waals surface area contributed by atoms with Crippen LogP contribution in [0, 0.1) is 5.92 Å². The molecule has 2 aromatic rings. The molecule has 1 aromatic heterocycles. The zero-order valence-electron chi connectivity index (χ0n) is 15.2. The highest BCUT2D eigenvalue weighted by molar-refractivity contribution is 5.85. The number of carbonyl (C=O) groups is 1. The highest BCUT2D eigenvalue weighted by atomic mass is 35.5. The van der Waals surface area contributed by atoms with Gasteiger partial charge in [-0.3, -0.25) is 4.79 Å². The summed E-state index contributed by atoms with van der Waals surface area (Å²) in [5, 5.41) is 10.9. The molecular weight excluding hydrogens is 385 g/mol. The Morgan fingerprint density at radius 3 is 2.52 bits per heavy atom. The van der Waals surface area contributed by atoms with E-state index in [1.807, 2.05) is 12.1 Å². The minimum absolute atomic E-state index is 0. The molecule has 6 nitrogen and oxygen atoms in total. The summed E-state index contributed by atoms with van der Waals surface area (Å²) in [5.74, 6) is 0.700. The average molecular weight is 412 g/mol. The highest BCUT2D eigenvalue weighted by Crippen LogP contribution is 2.32. The molecule has 1 amide bonds. The molecule has 2 aliphatic rings. The summed E-state index contributed by atoms with van der Waals surface area (Å²) in [6.07, 6.45) is 8.74. The van der Waals surface area contributed by atoms with Crippen molar-refractivity contribution in [2.45, 2.75) is 57.3 Å². The van der Waals surface area contributed by atoms with E-state index in [1.54, 1.807) is 11.0 Å². The number of aromatic nitrogens is 3. The fourth-order valence-corrected chi connectivity index (χ4v) is 4.24. The van der Waals surface area contributed by atoms with Crippen molar-refractivity contribution >= 4 is 30.7 Å². The first-order chi connectivity index (χ1) is 12.3. The van der Waals surface area contributed by atoms with Crippen LogP contribution in [0.2, 0.25) is 0 Å². The van der Waals surface area contributed by atoms with Crippen LogP contribution in [-0.2, 0) is 17.9 Å². The number of carbonyl (C=O) groups excluding carboxylic acids is 1. The predicted molar refractivity (Wildman–Crippen MR) is 109 cm³/mol. The summed E-state index contributed by atoms with van der Waals surface area (Å²) < 4.78 is 1.80. The molecule has 148 valence electrons. The van der Waals surface area contributed by atoms with Crippen molar-refractivity contribution in [1.82, 2.24) is 25.4 Å². The van der Waals surface area contributed by atoms with Gasteiger partial charge in [0.25, 0.3) is 0 Å². The van der Waals surface area contributed by atoms with Gasteiger partial charge in [-0.05, 0) is 42.7 Å². The summed E-state index contributed by atoms with van der Waals surface area (Å²) in [4.78, 5) is 16.4. The summed E-state index contributed by atoms with van der Waals surface area (Å²) >= 11 is 0. The topological polar surface area (TPSA) is 71.8 Å². The molecule has 4 rings (SSSR count). The van der Waals surface area contributed by atoms with Crippen molar-refractivity contribution in [1.29, 1.82) is 0 Å². The highest BCUT2D eigenvalue weighted by Gasteiger charge is 2.34. The van der Waals surface area contributed by atoms with Crippen LogP contribution in [0.25, 0.3) is 0 Å². The molecule has 27 heavy (non-hydrogen) atoms. The smallest absolute Gasteiger partial charge is 0.220 e. The third-order valence-corrected chi connectivity index (χ3v) is 5.44. The summed E-state index contributed by atoms with van der Waals surface area (Å²) in [6, 6.07) is 9.45. The number of rotatable bonds is 6. The van der Waals surface area contributed by atoms with E-state index in [0.717, 1.165) is 24.0 Å². The maximum absolute atomic E-state index is 12.4. The number of hydrogen-bond donors (Lipinski definition) is 2. The summed E-state index contributed by atoms with van der Waals surface area (Å²) in [5.41, 5.74) is 2.30. The van der Waals surface area contributed by atoms with E-state index in [9.17, 15) is 4.79 Å². The van der Waals surface area contributed by atoms with Gasteiger partial charge in [-0.15, -0.1) is 24.8 Å². The van der Waals surface area contributed by atoms with Gasteiger partial charge in [0, 0.05) is 25.0 Å². The lowest BCUT2D eigenvalue weighted by atomic mass is 9.89. The van der Waals surface area contributed by atoms with E-state index in [1.165, 1.54) is 19.2 Å². The first-order valence-electron chi connectivity index (χ1n) is 9.18. The van der Waals surface area contributed by atoms with Gasteiger partial charge in [0.2, 0.25) is 5.91 Å². The van der Waals surface area contributed by atoms with Crippen molar-refractivity contribution in [2.24, 2.45) is 5.92 Å². The Bertz CT molecular complexity index is 713. The number of nitrogens with zero attached hydrogens (tertiary/aromatic N) is 3. The molecule has 0 spiro atoms. The molecule has 2 unspecified atom stereocenters. The molecule has 0 radical (unpaired) electrons. The first kappa shape index (κ1) is 21.7. The maximum Gasteiger partial charge on any atom is 0.220 e. The van der Waals surface area contributed by atoms with Gasteiger partial charge in [-0.1, -0.05) is 24.3 Å². The van der Waals surface area contributed by atoms with Gasteiger partial charge in [0.1, 0.15) is 12.7 Å². The van der Waals surface area contributed by atoms with Gasteiger partial charge in [0.15, 0.2) is 0 Å². The van der Waals surface area contributed by atoms with Gasteiger partial charge in [0.05, 0.1) is 6.54 Å². The number of piperidine rings is 1. The van der Waals surface area contributed by atoms with Crippen LogP contribution in [0.5, 0.6) is 0 Å². The Morgan fingerprint density at radius 1 is 1.15 bits per heavy atom. The molecule has 2 saturated heterocycles. The van der Waals surface area contributed by atoms with E-state index in [0.29, 0.717) is 37.5 Å². The number of halogens is 2. The Hall–Kier alpha value is -1.63. The molecule has 0 saturated carbocycles. The van der Waals surface area contributed by atoms with Crippen molar-refractivity contribution in [3.8, 4) is 0 Å². The van der Waals surface area contributed by atoms with Crippen LogP contribution in [-0.4, -0.2) is 32.8 Å². The minimum atomic E-state index is 0. The zero-order chi connectivity index (χ0) is 17.1. The van der Waals surface area contributed by atoms with E-state index in [2.05, 4.69) is 32.8 Å². The molecular formula is C19H27Cl2N5O. The molecule has 2 atom stereocenters. The van der Waals surface area contributed by atoms with E-state index in [4.69, 9.17) is 0 Å². The molecule has 0 aliphatic carbocycles.